The van der Waals surface area contributed by atoms with Crippen molar-refractivity contribution in [3.05, 3.63) is 23.9 Å². The van der Waals surface area contributed by atoms with Crippen molar-refractivity contribution < 1.29 is 4.74 Å². The first-order chi connectivity index (χ1) is 10.8. The van der Waals surface area contributed by atoms with Crippen LogP contribution in [0.4, 0.5) is 0 Å². The Hall–Kier alpha value is -1.05. The van der Waals surface area contributed by atoms with E-state index in [1.807, 2.05) is 18.3 Å². The molecule has 1 aliphatic rings. The Morgan fingerprint density at radius 2 is 2.09 bits per heavy atom. The van der Waals surface area contributed by atoms with Gasteiger partial charge in [0.2, 0.25) is 5.88 Å². The molecule has 1 heterocycles. The lowest BCUT2D eigenvalue weighted by Gasteiger charge is -2.13. The number of guanidine groups is 1. The van der Waals surface area contributed by atoms with E-state index in [1.165, 1.54) is 38.5 Å². The second-order valence-electron chi connectivity index (χ2n) is 5.85. The predicted octanol–water partition coefficient (Wildman–Crippen LogP) is 3.34. The summed E-state index contributed by atoms with van der Waals surface area (Å²) in [4.78, 5) is 8.45. The van der Waals surface area contributed by atoms with Crippen LogP contribution >= 0.6 is 24.0 Å². The fourth-order valence-corrected chi connectivity index (χ4v) is 2.94. The van der Waals surface area contributed by atoms with Crippen LogP contribution < -0.4 is 15.4 Å². The maximum atomic E-state index is 5.06. The van der Waals surface area contributed by atoms with Crippen LogP contribution in [-0.2, 0) is 6.54 Å². The monoisotopic (exact) mass is 432 g/mol. The molecule has 2 N–H and O–H groups in total. The Morgan fingerprint density at radius 3 is 2.70 bits per heavy atom. The normalized spacial score (nSPS) is 15.1. The number of hydrogen-bond donors (Lipinski definition) is 2. The molecule has 1 fully saturated rings. The van der Waals surface area contributed by atoms with Crippen LogP contribution in [0.25, 0.3) is 0 Å². The van der Waals surface area contributed by atoms with Crippen molar-refractivity contribution in [2.75, 3.05) is 20.7 Å². The maximum absolute atomic E-state index is 5.06. The van der Waals surface area contributed by atoms with E-state index in [1.54, 1.807) is 14.2 Å². The van der Waals surface area contributed by atoms with E-state index in [0.29, 0.717) is 12.4 Å². The van der Waals surface area contributed by atoms with Gasteiger partial charge in [0.1, 0.15) is 0 Å². The Bertz CT molecular complexity index is 458. The van der Waals surface area contributed by atoms with Gasteiger partial charge in [0.15, 0.2) is 5.96 Å². The maximum Gasteiger partial charge on any atom is 0.212 e. The summed E-state index contributed by atoms with van der Waals surface area (Å²) < 4.78 is 5.06. The van der Waals surface area contributed by atoms with Crippen molar-refractivity contribution in [3.8, 4) is 5.88 Å². The summed E-state index contributed by atoms with van der Waals surface area (Å²) in [6, 6.07) is 3.88. The molecule has 2 rings (SSSR count). The molecule has 0 aliphatic heterocycles. The van der Waals surface area contributed by atoms with Gasteiger partial charge in [-0.3, -0.25) is 4.99 Å². The molecule has 0 radical (unpaired) electrons. The number of aromatic nitrogens is 1. The molecular formula is C17H29IN4O. The summed E-state index contributed by atoms with van der Waals surface area (Å²) in [6.45, 7) is 1.69. The van der Waals surface area contributed by atoms with E-state index in [2.05, 4.69) is 20.6 Å². The summed E-state index contributed by atoms with van der Waals surface area (Å²) >= 11 is 0. The predicted molar refractivity (Wildman–Crippen MR) is 106 cm³/mol. The third-order valence-corrected chi connectivity index (χ3v) is 4.25. The molecule has 1 saturated carbocycles. The zero-order valence-electron chi connectivity index (χ0n) is 14.2. The molecule has 0 unspecified atom stereocenters. The van der Waals surface area contributed by atoms with E-state index in [4.69, 9.17) is 4.74 Å². The average molecular weight is 432 g/mol. The molecule has 1 aliphatic carbocycles. The van der Waals surface area contributed by atoms with Gasteiger partial charge in [-0.2, -0.15) is 0 Å². The molecule has 5 nitrogen and oxygen atoms in total. The third-order valence-electron chi connectivity index (χ3n) is 4.25. The Balaban J connectivity index is 0.00000264. The van der Waals surface area contributed by atoms with Crippen molar-refractivity contribution in [1.82, 2.24) is 15.6 Å². The van der Waals surface area contributed by atoms with Crippen LogP contribution in [0, 0.1) is 5.92 Å². The van der Waals surface area contributed by atoms with Crippen molar-refractivity contribution in [1.29, 1.82) is 0 Å². The number of nitrogens with one attached hydrogen (secondary N) is 2. The second kappa shape index (κ2) is 11.5. The average Bonchev–Trinajstić information content (AvgIpc) is 3.08. The number of rotatable bonds is 7. The lowest BCUT2D eigenvalue weighted by Crippen LogP contribution is -2.37. The summed E-state index contributed by atoms with van der Waals surface area (Å²) in [5.41, 5.74) is 1.11. The standard InChI is InChI=1S/C17H28N4O.HI/c1-18-17(19-11-5-8-14-6-3-4-7-14)21-13-15-9-10-16(22-2)20-12-15;/h9-10,12,14H,3-8,11,13H2,1-2H3,(H2,18,19,21);1H. The van der Waals surface area contributed by atoms with Gasteiger partial charge in [0.05, 0.1) is 7.11 Å². The van der Waals surface area contributed by atoms with E-state index in [9.17, 15) is 0 Å². The molecule has 130 valence electrons. The third kappa shape index (κ3) is 7.37. The summed E-state index contributed by atoms with van der Waals surface area (Å²) in [7, 11) is 3.43. The number of hydrogen-bond acceptors (Lipinski definition) is 3. The SMILES string of the molecule is CN=C(NCCCC1CCCC1)NCc1ccc(OC)nc1.I. The highest BCUT2D eigenvalue weighted by Crippen LogP contribution is 2.28. The number of pyridine rings is 1. The highest BCUT2D eigenvalue weighted by Gasteiger charge is 2.13. The van der Waals surface area contributed by atoms with Gasteiger partial charge >= 0.3 is 0 Å². The number of nitrogens with zero attached hydrogens (tertiary/aromatic N) is 2. The molecule has 23 heavy (non-hydrogen) atoms. The van der Waals surface area contributed by atoms with Gasteiger partial charge in [-0.05, 0) is 24.3 Å². The summed E-state index contributed by atoms with van der Waals surface area (Å²) in [6.07, 6.45) is 10.1. The number of methoxy groups -OCH3 is 1. The largest absolute Gasteiger partial charge is 0.481 e. The Kier molecular flexibility index (Phi) is 9.98. The van der Waals surface area contributed by atoms with Crippen molar-refractivity contribution in [2.45, 2.75) is 45.1 Å². The van der Waals surface area contributed by atoms with Gasteiger partial charge in [0.25, 0.3) is 0 Å². The Labute approximate surface area is 156 Å². The lowest BCUT2D eigenvalue weighted by molar-refractivity contribution is 0.397. The molecule has 0 saturated heterocycles. The molecule has 0 bridgehead atoms. The summed E-state index contributed by atoms with van der Waals surface area (Å²) in [5, 5.41) is 6.69. The molecule has 6 heteroatoms. The van der Waals surface area contributed by atoms with Gasteiger partial charge in [-0.1, -0.05) is 31.7 Å². The van der Waals surface area contributed by atoms with E-state index in [-0.39, 0.29) is 24.0 Å². The fourth-order valence-electron chi connectivity index (χ4n) is 2.94. The van der Waals surface area contributed by atoms with Crippen molar-refractivity contribution >= 4 is 29.9 Å². The zero-order chi connectivity index (χ0) is 15.6. The Morgan fingerprint density at radius 1 is 1.30 bits per heavy atom. The molecule has 0 atom stereocenters. The number of ether oxygens (including phenoxy) is 1. The van der Waals surface area contributed by atoms with Gasteiger partial charge in [-0.15, -0.1) is 24.0 Å². The van der Waals surface area contributed by atoms with E-state index >= 15 is 0 Å². The van der Waals surface area contributed by atoms with Crippen LogP contribution in [0.2, 0.25) is 0 Å². The van der Waals surface area contributed by atoms with Gasteiger partial charge in [-0.25, -0.2) is 4.98 Å². The molecular weight excluding hydrogens is 403 g/mol. The zero-order valence-corrected chi connectivity index (χ0v) is 16.5. The molecule has 0 aromatic carbocycles. The summed E-state index contributed by atoms with van der Waals surface area (Å²) in [5.74, 6) is 2.45. The second-order valence-corrected chi connectivity index (χ2v) is 5.85. The highest BCUT2D eigenvalue weighted by molar-refractivity contribution is 14.0. The minimum Gasteiger partial charge on any atom is -0.481 e. The van der Waals surface area contributed by atoms with E-state index < -0.39 is 0 Å². The van der Waals surface area contributed by atoms with Crippen LogP contribution in [0.3, 0.4) is 0 Å². The fraction of sp³-hybridized carbons (Fsp3) is 0.647. The minimum absolute atomic E-state index is 0. The molecule has 0 spiro atoms. The van der Waals surface area contributed by atoms with Crippen LogP contribution in [0.1, 0.15) is 44.1 Å². The number of halogens is 1. The van der Waals surface area contributed by atoms with Crippen molar-refractivity contribution in [3.63, 3.8) is 0 Å². The topological polar surface area (TPSA) is 58.5 Å². The smallest absolute Gasteiger partial charge is 0.212 e. The molecule has 1 aromatic heterocycles. The quantitative estimate of drug-likeness (QED) is 0.300. The molecule has 1 aromatic rings. The minimum atomic E-state index is 0. The first kappa shape index (κ1) is 20.0. The first-order valence-corrected chi connectivity index (χ1v) is 8.25. The van der Waals surface area contributed by atoms with Crippen LogP contribution in [0.15, 0.2) is 23.3 Å². The van der Waals surface area contributed by atoms with Crippen LogP contribution in [-0.4, -0.2) is 31.6 Å². The number of aliphatic imine (C=N–C) groups is 1. The van der Waals surface area contributed by atoms with Gasteiger partial charge < -0.3 is 15.4 Å². The van der Waals surface area contributed by atoms with Gasteiger partial charge in [0, 0.05) is 32.4 Å². The lowest BCUT2D eigenvalue weighted by atomic mass is 10.0. The van der Waals surface area contributed by atoms with Crippen molar-refractivity contribution in [2.24, 2.45) is 10.9 Å². The highest BCUT2D eigenvalue weighted by atomic mass is 127. The first-order valence-electron chi connectivity index (χ1n) is 8.25. The van der Waals surface area contributed by atoms with Crippen LogP contribution in [0.5, 0.6) is 5.88 Å². The van der Waals surface area contributed by atoms with E-state index in [0.717, 1.165) is 24.0 Å². The molecule has 0 amide bonds.